The van der Waals surface area contributed by atoms with E-state index in [4.69, 9.17) is 14.5 Å². The predicted molar refractivity (Wildman–Crippen MR) is 115 cm³/mol. The van der Waals surface area contributed by atoms with Gasteiger partial charge in [-0.15, -0.1) is 0 Å². The van der Waals surface area contributed by atoms with Crippen molar-refractivity contribution >= 4 is 11.9 Å². The van der Waals surface area contributed by atoms with Gasteiger partial charge in [0, 0.05) is 62.6 Å². The van der Waals surface area contributed by atoms with Crippen molar-refractivity contribution in [2.45, 2.75) is 64.0 Å². The standard InChI is InChI=1S/C23H38N4O3/c1-2-24-22(25-19-18-7-14-30-20(18)23(19)8-3-4-9-23)27-10-5-17(6-11-27)21(28)26-12-15-29-16-13-26/h17-20H,2-16H2,1H3,(H,24,25). The van der Waals surface area contributed by atoms with Gasteiger partial charge in [-0.1, -0.05) is 12.8 Å². The molecule has 2 aliphatic carbocycles. The number of hydrogen-bond donors (Lipinski definition) is 1. The summed E-state index contributed by atoms with van der Waals surface area (Å²) in [6, 6.07) is 0.505. The fourth-order valence-corrected chi connectivity index (χ4v) is 6.81. The Bertz CT molecular complexity index is 649. The van der Waals surface area contributed by atoms with Crippen LogP contribution in [0.3, 0.4) is 0 Å². The van der Waals surface area contributed by atoms with Crippen molar-refractivity contribution in [3.8, 4) is 0 Å². The molecule has 3 atom stereocenters. The first-order chi connectivity index (χ1) is 14.7. The van der Waals surface area contributed by atoms with Crippen LogP contribution in [-0.4, -0.2) is 86.4 Å². The van der Waals surface area contributed by atoms with Gasteiger partial charge in [-0.2, -0.15) is 0 Å². The average molecular weight is 419 g/mol. The van der Waals surface area contributed by atoms with Gasteiger partial charge in [0.05, 0.1) is 19.3 Å². The molecule has 3 saturated heterocycles. The number of carbonyl (C=O) groups is 1. The third kappa shape index (κ3) is 3.52. The molecule has 7 nitrogen and oxygen atoms in total. The first kappa shape index (κ1) is 20.6. The monoisotopic (exact) mass is 418 g/mol. The Kier molecular flexibility index (Phi) is 5.93. The van der Waals surface area contributed by atoms with Crippen LogP contribution in [0.5, 0.6) is 0 Å². The number of amides is 1. The molecule has 5 fully saturated rings. The first-order valence-corrected chi connectivity index (χ1v) is 12.3. The van der Waals surface area contributed by atoms with Gasteiger partial charge in [-0.05, 0) is 39.0 Å². The van der Waals surface area contributed by atoms with E-state index in [1.807, 2.05) is 4.90 Å². The lowest BCUT2D eigenvalue weighted by atomic mass is 9.54. The van der Waals surface area contributed by atoms with Crippen molar-refractivity contribution in [2.24, 2.45) is 22.2 Å². The second kappa shape index (κ2) is 8.65. The number of nitrogens with zero attached hydrogens (tertiary/aromatic N) is 3. The summed E-state index contributed by atoms with van der Waals surface area (Å²) in [5.74, 6) is 2.19. The number of piperidine rings is 1. The zero-order valence-corrected chi connectivity index (χ0v) is 18.5. The maximum atomic E-state index is 12.9. The van der Waals surface area contributed by atoms with Crippen molar-refractivity contribution in [3.05, 3.63) is 0 Å². The molecular weight excluding hydrogens is 380 g/mol. The SMILES string of the molecule is CCN=C(NC1C2CCOC2C12CCCC2)N1CCC(C(=O)N2CCOCC2)CC1. The van der Waals surface area contributed by atoms with Crippen LogP contribution in [0.1, 0.15) is 51.9 Å². The summed E-state index contributed by atoms with van der Waals surface area (Å²) in [4.78, 5) is 22.2. The Morgan fingerprint density at radius 1 is 1.03 bits per heavy atom. The van der Waals surface area contributed by atoms with Gasteiger partial charge in [0.25, 0.3) is 0 Å². The lowest BCUT2D eigenvalue weighted by molar-refractivity contribution is -0.141. The minimum atomic E-state index is 0.153. The molecule has 3 unspecified atom stereocenters. The van der Waals surface area contributed by atoms with Crippen molar-refractivity contribution in [3.63, 3.8) is 0 Å². The maximum absolute atomic E-state index is 12.9. The van der Waals surface area contributed by atoms with Crippen LogP contribution in [0, 0.1) is 17.3 Å². The fourth-order valence-electron chi connectivity index (χ4n) is 6.81. The highest BCUT2D eigenvalue weighted by Gasteiger charge is 2.65. The minimum Gasteiger partial charge on any atom is -0.378 e. The number of carbonyl (C=O) groups excluding carboxylic acids is 1. The molecule has 0 radical (unpaired) electrons. The molecule has 1 amide bonds. The molecule has 2 saturated carbocycles. The Balaban J connectivity index is 1.21. The predicted octanol–water partition coefficient (Wildman–Crippen LogP) is 1.87. The summed E-state index contributed by atoms with van der Waals surface area (Å²) in [5.41, 5.74) is 0.334. The Hall–Kier alpha value is -1.34. The highest BCUT2D eigenvalue weighted by Crippen LogP contribution is 2.60. The van der Waals surface area contributed by atoms with Crippen LogP contribution in [0.4, 0.5) is 0 Å². The second-order valence-electron chi connectivity index (χ2n) is 9.80. The molecule has 0 bridgehead atoms. The third-order valence-corrected chi connectivity index (χ3v) is 8.35. The van der Waals surface area contributed by atoms with Gasteiger partial charge in [0.2, 0.25) is 5.91 Å². The van der Waals surface area contributed by atoms with Crippen LogP contribution in [0.2, 0.25) is 0 Å². The molecule has 168 valence electrons. The average Bonchev–Trinajstić information content (AvgIpc) is 3.46. The van der Waals surface area contributed by atoms with E-state index < -0.39 is 0 Å². The number of morpholine rings is 1. The summed E-state index contributed by atoms with van der Waals surface area (Å²) in [5, 5.41) is 3.92. The lowest BCUT2D eigenvalue weighted by Gasteiger charge is -2.57. The molecule has 1 N–H and O–H groups in total. The van der Waals surface area contributed by atoms with E-state index in [1.165, 1.54) is 32.1 Å². The number of rotatable bonds is 3. The van der Waals surface area contributed by atoms with E-state index >= 15 is 0 Å². The molecule has 1 spiro atoms. The Morgan fingerprint density at radius 2 is 1.77 bits per heavy atom. The number of ether oxygens (including phenoxy) is 2. The number of guanidine groups is 1. The smallest absolute Gasteiger partial charge is 0.225 e. The molecule has 7 heteroatoms. The van der Waals surface area contributed by atoms with Gasteiger partial charge < -0.3 is 24.6 Å². The zero-order valence-electron chi connectivity index (χ0n) is 18.5. The van der Waals surface area contributed by atoms with E-state index in [0.717, 1.165) is 58.1 Å². The summed E-state index contributed by atoms with van der Waals surface area (Å²) >= 11 is 0. The molecule has 3 aliphatic heterocycles. The highest BCUT2D eigenvalue weighted by molar-refractivity contribution is 5.82. The summed E-state index contributed by atoms with van der Waals surface area (Å²) < 4.78 is 11.6. The van der Waals surface area contributed by atoms with E-state index in [2.05, 4.69) is 17.1 Å². The normalized spacial score (nSPS) is 34.2. The van der Waals surface area contributed by atoms with Crippen LogP contribution >= 0.6 is 0 Å². The van der Waals surface area contributed by atoms with Crippen molar-refractivity contribution < 1.29 is 14.3 Å². The second-order valence-corrected chi connectivity index (χ2v) is 9.80. The van der Waals surface area contributed by atoms with Crippen molar-refractivity contribution in [1.82, 2.24) is 15.1 Å². The molecule has 0 aromatic carbocycles. The van der Waals surface area contributed by atoms with Gasteiger partial charge >= 0.3 is 0 Å². The number of fused-ring (bicyclic) bond motifs is 2. The lowest BCUT2D eigenvalue weighted by Crippen LogP contribution is -2.69. The molecule has 0 aromatic rings. The minimum absolute atomic E-state index is 0.153. The molecule has 5 rings (SSSR count). The van der Waals surface area contributed by atoms with E-state index in [9.17, 15) is 4.79 Å². The van der Waals surface area contributed by atoms with Crippen LogP contribution in [0.25, 0.3) is 0 Å². The molecule has 3 heterocycles. The van der Waals surface area contributed by atoms with E-state index in [0.29, 0.717) is 42.6 Å². The summed E-state index contributed by atoms with van der Waals surface area (Å²) in [6.07, 6.45) is 8.75. The highest BCUT2D eigenvalue weighted by atomic mass is 16.5. The molecular formula is C23H38N4O3. The maximum Gasteiger partial charge on any atom is 0.225 e. The quantitative estimate of drug-likeness (QED) is 0.560. The number of nitrogens with one attached hydrogen (secondary N) is 1. The van der Waals surface area contributed by atoms with Gasteiger partial charge in [0.15, 0.2) is 5.96 Å². The molecule has 0 aromatic heterocycles. The van der Waals surface area contributed by atoms with Gasteiger partial charge in [-0.25, -0.2) is 0 Å². The Labute approximate surface area is 180 Å². The summed E-state index contributed by atoms with van der Waals surface area (Å²) in [6.45, 7) is 8.50. The zero-order chi connectivity index (χ0) is 20.6. The number of aliphatic imine (C=N–C) groups is 1. The first-order valence-electron chi connectivity index (χ1n) is 12.3. The van der Waals surface area contributed by atoms with Crippen molar-refractivity contribution in [2.75, 3.05) is 52.5 Å². The van der Waals surface area contributed by atoms with E-state index in [-0.39, 0.29) is 5.92 Å². The topological polar surface area (TPSA) is 66.4 Å². The third-order valence-electron chi connectivity index (χ3n) is 8.35. The van der Waals surface area contributed by atoms with Crippen LogP contribution in [0.15, 0.2) is 4.99 Å². The van der Waals surface area contributed by atoms with Gasteiger partial charge in [-0.3, -0.25) is 9.79 Å². The Morgan fingerprint density at radius 3 is 2.47 bits per heavy atom. The van der Waals surface area contributed by atoms with Crippen LogP contribution < -0.4 is 5.32 Å². The van der Waals surface area contributed by atoms with Gasteiger partial charge in [0.1, 0.15) is 0 Å². The largest absolute Gasteiger partial charge is 0.378 e. The molecule has 30 heavy (non-hydrogen) atoms. The fraction of sp³-hybridized carbons (Fsp3) is 0.913. The van der Waals surface area contributed by atoms with Crippen LogP contribution in [-0.2, 0) is 14.3 Å². The number of hydrogen-bond acceptors (Lipinski definition) is 4. The van der Waals surface area contributed by atoms with Crippen molar-refractivity contribution in [1.29, 1.82) is 0 Å². The molecule has 5 aliphatic rings. The van der Waals surface area contributed by atoms with E-state index in [1.54, 1.807) is 0 Å². The summed E-state index contributed by atoms with van der Waals surface area (Å²) in [7, 11) is 0. The number of likely N-dealkylation sites (tertiary alicyclic amines) is 1.